The van der Waals surface area contributed by atoms with Gasteiger partial charge in [0.25, 0.3) is 0 Å². The van der Waals surface area contributed by atoms with Gasteiger partial charge in [-0.25, -0.2) is 0 Å². The highest BCUT2D eigenvalue weighted by molar-refractivity contribution is 5.99. The van der Waals surface area contributed by atoms with E-state index in [1.807, 2.05) is 12.1 Å². The van der Waals surface area contributed by atoms with E-state index in [0.717, 1.165) is 31.5 Å². The van der Waals surface area contributed by atoms with Gasteiger partial charge in [-0.15, -0.1) is 0 Å². The van der Waals surface area contributed by atoms with E-state index >= 15 is 0 Å². The third kappa shape index (κ3) is 2.26. The van der Waals surface area contributed by atoms with Crippen LogP contribution in [-0.2, 0) is 0 Å². The fourth-order valence-electron chi connectivity index (χ4n) is 2.01. The maximum atomic E-state index is 11.8. The number of anilines is 1. The van der Waals surface area contributed by atoms with Crippen LogP contribution in [0.25, 0.3) is 0 Å². The molecule has 0 bridgehead atoms. The quantitative estimate of drug-likeness (QED) is 0.706. The maximum Gasteiger partial charge on any atom is 0.165 e. The average Bonchev–Trinajstić information content (AvgIpc) is 3.15. The summed E-state index contributed by atoms with van der Waals surface area (Å²) in [5, 5.41) is 0. The summed E-state index contributed by atoms with van der Waals surface area (Å²) in [4.78, 5) is 14.1. The second-order valence-electron chi connectivity index (χ2n) is 4.36. The van der Waals surface area contributed by atoms with Crippen molar-refractivity contribution >= 4 is 11.5 Å². The van der Waals surface area contributed by atoms with Gasteiger partial charge in [0.15, 0.2) is 5.78 Å². The van der Waals surface area contributed by atoms with Gasteiger partial charge in [-0.2, -0.15) is 0 Å². The zero-order valence-corrected chi connectivity index (χ0v) is 10.1. The third-order valence-corrected chi connectivity index (χ3v) is 3.23. The summed E-state index contributed by atoms with van der Waals surface area (Å²) < 4.78 is 0. The van der Waals surface area contributed by atoms with E-state index in [9.17, 15) is 4.79 Å². The summed E-state index contributed by atoms with van der Waals surface area (Å²) in [6.07, 6.45) is 2.16. The van der Waals surface area contributed by atoms with Crippen LogP contribution >= 0.6 is 0 Å². The Morgan fingerprint density at radius 3 is 2.19 bits per heavy atom. The second kappa shape index (κ2) is 4.69. The molecule has 0 spiro atoms. The highest BCUT2D eigenvalue weighted by Gasteiger charge is 2.30. The Morgan fingerprint density at radius 2 is 1.75 bits per heavy atom. The van der Waals surface area contributed by atoms with Gasteiger partial charge in [0.05, 0.1) is 0 Å². The molecule has 1 fully saturated rings. The van der Waals surface area contributed by atoms with Crippen molar-refractivity contribution in [1.29, 1.82) is 0 Å². The van der Waals surface area contributed by atoms with E-state index in [1.54, 1.807) is 0 Å². The van der Waals surface area contributed by atoms with Crippen molar-refractivity contribution in [3.8, 4) is 0 Å². The molecular formula is C14H19NO. The Kier molecular flexibility index (Phi) is 3.28. The average molecular weight is 217 g/mol. The number of carbonyl (C=O) groups excluding carboxylic acids is 1. The number of rotatable bonds is 5. The fraction of sp³-hybridized carbons (Fsp3) is 0.500. The van der Waals surface area contributed by atoms with E-state index in [-0.39, 0.29) is 0 Å². The van der Waals surface area contributed by atoms with Gasteiger partial charge < -0.3 is 4.90 Å². The molecule has 0 radical (unpaired) electrons. The van der Waals surface area contributed by atoms with Crippen LogP contribution in [0.4, 0.5) is 5.69 Å². The van der Waals surface area contributed by atoms with Crippen LogP contribution in [0, 0.1) is 5.92 Å². The van der Waals surface area contributed by atoms with Crippen molar-refractivity contribution < 1.29 is 4.79 Å². The maximum absolute atomic E-state index is 11.8. The molecule has 0 heterocycles. The van der Waals surface area contributed by atoms with Crippen LogP contribution in [0.3, 0.4) is 0 Å². The van der Waals surface area contributed by atoms with Crippen LogP contribution in [0.2, 0.25) is 0 Å². The first-order valence-electron chi connectivity index (χ1n) is 6.15. The molecule has 0 saturated heterocycles. The molecule has 0 N–H and O–H groups in total. The predicted molar refractivity (Wildman–Crippen MR) is 67.1 cm³/mol. The summed E-state index contributed by atoms with van der Waals surface area (Å²) in [6, 6.07) is 8.05. The van der Waals surface area contributed by atoms with E-state index in [4.69, 9.17) is 0 Å². The third-order valence-electron chi connectivity index (χ3n) is 3.23. The van der Waals surface area contributed by atoms with Gasteiger partial charge in [-0.1, -0.05) is 0 Å². The Labute approximate surface area is 97.3 Å². The van der Waals surface area contributed by atoms with Crippen LogP contribution in [0.5, 0.6) is 0 Å². The molecule has 0 aliphatic heterocycles. The lowest BCUT2D eigenvalue weighted by atomic mass is 10.1. The molecule has 0 unspecified atom stereocenters. The van der Waals surface area contributed by atoms with E-state index in [1.165, 1.54) is 5.69 Å². The predicted octanol–water partition coefficient (Wildman–Crippen LogP) is 3.13. The molecule has 86 valence electrons. The number of hydrogen-bond acceptors (Lipinski definition) is 2. The van der Waals surface area contributed by atoms with E-state index in [0.29, 0.717) is 11.7 Å². The van der Waals surface area contributed by atoms with Crippen molar-refractivity contribution in [2.45, 2.75) is 26.7 Å². The molecule has 0 aromatic heterocycles. The Bertz CT molecular complexity index is 361. The van der Waals surface area contributed by atoms with Crippen molar-refractivity contribution in [3.63, 3.8) is 0 Å². The number of carbonyl (C=O) groups is 1. The van der Waals surface area contributed by atoms with E-state index < -0.39 is 0 Å². The normalized spacial score (nSPS) is 14.9. The Hall–Kier alpha value is -1.31. The number of benzene rings is 1. The van der Waals surface area contributed by atoms with Crippen LogP contribution in [0.15, 0.2) is 24.3 Å². The summed E-state index contributed by atoms with van der Waals surface area (Å²) in [5.41, 5.74) is 2.08. The second-order valence-corrected chi connectivity index (χ2v) is 4.36. The van der Waals surface area contributed by atoms with Gasteiger partial charge in [0.2, 0.25) is 0 Å². The number of ketones is 1. The molecule has 2 nitrogen and oxygen atoms in total. The number of Topliss-reactive ketones (excluding diaryl/α,β-unsaturated/α-hetero) is 1. The molecule has 16 heavy (non-hydrogen) atoms. The molecule has 1 saturated carbocycles. The van der Waals surface area contributed by atoms with Crippen LogP contribution in [-0.4, -0.2) is 18.9 Å². The minimum absolute atomic E-state index is 0.319. The molecule has 1 aliphatic rings. The molecule has 0 atom stereocenters. The monoisotopic (exact) mass is 217 g/mol. The summed E-state index contributed by atoms with van der Waals surface area (Å²) in [7, 11) is 0. The zero-order valence-electron chi connectivity index (χ0n) is 10.1. The molecule has 2 heteroatoms. The lowest BCUT2D eigenvalue weighted by Crippen LogP contribution is -2.21. The smallest absolute Gasteiger partial charge is 0.165 e. The van der Waals surface area contributed by atoms with Crippen molar-refractivity contribution in [2.75, 3.05) is 18.0 Å². The standard InChI is InChI=1S/C14H19NO/c1-3-15(4-2)13-9-7-12(8-10-13)14(16)11-5-6-11/h7-11H,3-6H2,1-2H3. The lowest BCUT2D eigenvalue weighted by Gasteiger charge is -2.20. The highest BCUT2D eigenvalue weighted by Crippen LogP contribution is 2.32. The number of nitrogens with zero attached hydrogens (tertiary/aromatic N) is 1. The largest absolute Gasteiger partial charge is 0.372 e. The van der Waals surface area contributed by atoms with Crippen molar-refractivity contribution in [2.24, 2.45) is 5.92 Å². The molecule has 0 amide bonds. The molecule has 1 aromatic rings. The first-order chi connectivity index (χ1) is 7.76. The van der Waals surface area contributed by atoms with Crippen molar-refractivity contribution in [3.05, 3.63) is 29.8 Å². The first-order valence-corrected chi connectivity index (χ1v) is 6.15. The highest BCUT2D eigenvalue weighted by atomic mass is 16.1. The van der Waals surface area contributed by atoms with Crippen molar-refractivity contribution in [1.82, 2.24) is 0 Å². The minimum Gasteiger partial charge on any atom is -0.372 e. The minimum atomic E-state index is 0.319. The first kappa shape index (κ1) is 11.2. The summed E-state index contributed by atoms with van der Waals surface area (Å²) >= 11 is 0. The van der Waals surface area contributed by atoms with Crippen LogP contribution in [0.1, 0.15) is 37.0 Å². The Balaban J connectivity index is 2.11. The van der Waals surface area contributed by atoms with Crippen LogP contribution < -0.4 is 4.90 Å². The van der Waals surface area contributed by atoms with Gasteiger partial charge in [0, 0.05) is 30.3 Å². The lowest BCUT2D eigenvalue weighted by molar-refractivity contribution is 0.0967. The fourth-order valence-corrected chi connectivity index (χ4v) is 2.01. The van der Waals surface area contributed by atoms with E-state index in [2.05, 4.69) is 30.9 Å². The molecule has 1 aromatic carbocycles. The number of hydrogen-bond donors (Lipinski definition) is 0. The topological polar surface area (TPSA) is 20.3 Å². The van der Waals surface area contributed by atoms with Gasteiger partial charge in [-0.05, 0) is 51.0 Å². The SMILES string of the molecule is CCN(CC)c1ccc(C(=O)C2CC2)cc1. The Morgan fingerprint density at radius 1 is 1.19 bits per heavy atom. The van der Waals surface area contributed by atoms with Gasteiger partial charge >= 0.3 is 0 Å². The zero-order chi connectivity index (χ0) is 11.5. The van der Waals surface area contributed by atoms with Gasteiger partial charge in [0.1, 0.15) is 0 Å². The summed E-state index contributed by atoms with van der Waals surface area (Å²) in [5.74, 6) is 0.644. The molecule has 1 aliphatic carbocycles. The molecular weight excluding hydrogens is 198 g/mol. The molecule has 2 rings (SSSR count). The van der Waals surface area contributed by atoms with Gasteiger partial charge in [-0.3, -0.25) is 4.79 Å². The summed E-state index contributed by atoms with van der Waals surface area (Å²) in [6.45, 7) is 6.30.